The zero-order valence-corrected chi connectivity index (χ0v) is 10.1. The molecule has 0 saturated heterocycles. The van der Waals surface area contributed by atoms with Gasteiger partial charge in [-0.25, -0.2) is 0 Å². The summed E-state index contributed by atoms with van der Waals surface area (Å²) < 4.78 is 5.13. The van der Waals surface area contributed by atoms with Gasteiger partial charge >= 0.3 is 5.97 Å². The first kappa shape index (κ1) is 12.0. The molecule has 5 nitrogen and oxygen atoms in total. The molecule has 17 heavy (non-hydrogen) atoms. The van der Waals surface area contributed by atoms with E-state index in [1.807, 2.05) is 6.92 Å². The van der Waals surface area contributed by atoms with Gasteiger partial charge in [0.05, 0.1) is 24.4 Å². The van der Waals surface area contributed by atoms with Crippen molar-refractivity contribution in [3.63, 3.8) is 0 Å². The molecule has 0 spiro atoms. The predicted molar refractivity (Wildman–Crippen MR) is 64.6 cm³/mol. The Bertz CT molecular complexity index is 351. The van der Waals surface area contributed by atoms with E-state index in [9.17, 15) is 4.79 Å². The number of ether oxygens (including phenoxy) is 1. The average Bonchev–Trinajstić information content (AvgIpc) is 2.83. The van der Waals surface area contributed by atoms with E-state index >= 15 is 0 Å². The van der Waals surface area contributed by atoms with Crippen molar-refractivity contribution in [1.29, 1.82) is 0 Å². The third-order valence-electron chi connectivity index (χ3n) is 3.21. The molecule has 2 atom stereocenters. The van der Waals surface area contributed by atoms with Crippen LogP contribution in [-0.2, 0) is 9.53 Å². The number of nitrogens with zero attached hydrogens (tertiary/aromatic N) is 1. The summed E-state index contributed by atoms with van der Waals surface area (Å²) in [5.74, 6) is -0.105. The molecule has 0 aromatic carbocycles. The van der Waals surface area contributed by atoms with Crippen LogP contribution in [0.2, 0.25) is 0 Å². The fourth-order valence-electron chi connectivity index (χ4n) is 2.38. The Hall–Kier alpha value is -1.52. The van der Waals surface area contributed by atoms with Crippen LogP contribution < -0.4 is 5.32 Å². The van der Waals surface area contributed by atoms with E-state index in [1.165, 1.54) is 0 Å². The van der Waals surface area contributed by atoms with Crippen molar-refractivity contribution in [3.05, 3.63) is 12.4 Å². The van der Waals surface area contributed by atoms with Crippen LogP contribution in [0, 0.1) is 5.92 Å². The summed E-state index contributed by atoms with van der Waals surface area (Å²) in [4.78, 5) is 11.9. The summed E-state index contributed by atoms with van der Waals surface area (Å²) in [6.45, 7) is 2.30. The number of H-pyrrole nitrogens is 1. The second-order valence-electron chi connectivity index (χ2n) is 4.38. The quantitative estimate of drug-likeness (QED) is 0.785. The first-order valence-electron chi connectivity index (χ1n) is 6.23. The van der Waals surface area contributed by atoms with E-state index in [0.717, 1.165) is 31.4 Å². The van der Waals surface area contributed by atoms with Gasteiger partial charge in [-0.05, 0) is 19.8 Å². The minimum atomic E-state index is -0.0757. The maximum absolute atomic E-state index is 11.9. The number of rotatable bonds is 4. The van der Waals surface area contributed by atoms with Gasteiger partial charge in [0.1, 0.15) is 0 Å². The van der Waals surface area contributed by atoms with E-state index in [0.29, 0.717) is 6.61 Å². The molecule has 1 aromatic rings. The highest BCUT2D eigenvalue weighted by atomic mass is 16.5. The summed E-state index contributed by atoms with van der Waals surface area (Å²) >= 11 is 0. The molecule has 0 radical (unpaired) electrons. The molecule has 1 heterocycles. The molecule has 1 fully saturated rings. The summed E-state index contributed by atoms with van der Waals surface area (Å²) in [6, 6.07) is 0.167. The Kier molecular flexibility index (Phi) is 4.01. The molecule has 2 N–H and O–H groups in total. The van der Waals surface area contributed by atoms with Crippen LogP contribution in [0.3, 0.4) is 0 Å². The molecule has 94 valence electrons. The molecule has 0 bridgehead atoms. The average molecular weight is 237 g/mol. The van der Waals surface area contributed by atoms with Crippen LogP contribution in [0.1, 0.15) is 32.6 Å². The van der Waals surface area contributed by atoms with Crippen LogP contribution in [0.5, 0.6) is 0 Å². The van der Waals surface area contributed by atoms with Crippen LogP contribution >= 0.6 is 0 Å². The third-order valence-corrected chi connectivity index (χ3v) is 3.21. The molecule has 1 aliphatic rings. The van der Waals surface area contributed by atoms with Gasteiger partial charge < -0.3 is 10.1 Å². The third kappa shape index (κ3) is 2.99. The van der Waals surface area contributed by atoms with Crippen molar-refractivity contribution < 1.29 is 9.53 Å². The number of carbonyl (C=O) groups excluding carboxylic acids is 1. The zero-order chi connectivity index (χ0) is 12.1. The minimum absolute atomic E-state index is 0.0291. The highest BCUT2D eigenvalue weighted by Crippen LogP contribution is 2.28. The number of hydrogen-bond donors (Lipinski definition) is 2. The molecule has 0 amide bonds. The number of nitrogens with one attached hydrogen (secondary N) is 2. The van der Waals surface area contributed by atoms with Crippen LogP contribution in [0.15, 0.2) is 12.4 Å². The highest BCUT2D eigenvalue weighted by molar-refractivity contribution is 5.74. The van der Waals surface area contributed by atoms with E-state index in [4.69, 9.17) is 4.74 Å². The highest BCUT2D eigenvalue weighted by Gasteiger charge is 2.31. The minimum Gasteiger partial charge on any atom is -0.466 e. The van der Waals surface area contributed by atoms with Gasteiger partial charge in [0.2, 0.25) is 0 Å². The molecule has 0 aliphatic heterocycles. The Balaban J connectivity index is 1.99. The van der Waals surface area contributed by atoms with E-state index in [1.54, 1.807) is 12.4 Å². The number of aromatic nitrogens is 2. The fraction of sp³-hybridized carbons (Fsp3) is 0.667. The zero-order valence-electron chi connectivity index (χ0n) is 10.1. The number of carbonyl (C=O) groups is 1. The van der Waals surface area contributed by atoms with Crippen molar-refractivity contribution in [2.75, 3.05) is 11.9 Å². The molecular weight excluding hydrogens is 218 g/mol. The van der Waals surface area contributed by atoms with Crippen molar-refractivity contribution in [2.45, 2.75) is 38.6 Å². The predicted octanol–water partition coefficient (Wildman–Crippen LogP) is 1.94. The van der Waals surface area contributed by atoms with Gasteiger partial charge in [-0.2, -0.15) is 5.10 Å². The lowest BCUT2D eigenvalue weighted by Gasteiger charge is -2.30. The lowest BCUT2D eigenvalue weighted by molar-refractivity contribution is -0.149. The lowest BCUT2D eigenvalue weighted by atomic mass is 9.84. The van der Waals surface area contributed by atoms with Gasteiger partial charge in [0, 0.05) is 12.2 Å². The van der Waals surface area contributed by atoms with E-state index in [-0.39, 0.29) is 17.9 Å². The smallest absolute Gasteiger partial charge is 0.311 e. The van der Waals surface area contributed by atoms with Crippen molar-refractivity contribution in [1.82, 2.24) is 10.2 Å². The van der Waals surface area contributed by atoms with Gasteiger partial charge in [-0.15, -0.1) is 0 Å². The molecule has 1 saturated carbocycles. The summed E-state index contributed by atoms with van der Waals surface area (Å²) in [7, 11) is 0. The first-order chi connectivity index (χ1) is 8.31. The molecule has 1 aliphatic carbocycles. The monoisotopic (exact) mass is 237 g/mol. The van der Waals surface area contributed by atoms with Gasteiger partial charge in [-0.1, -0.05) is 12.8 Å². The molecule has 1 aromatic heterocycles. The van der Waals surface area contributed by atoms with E-state index in [2.05, 4.69) is 15.5 Å². The Morgan fingerprint density at radius 1 is 1.59 bits per heavy atom. The fourth-order valence-corrected chi connectivity index (χ4v) is 2.38. The van der Waals surface area contributed by atoms with Gasteiger partial charge in [-0.3, -0.25) is 9.89 Å². The van der Waals surface area contributed by atoms with Crippen LogP contribution in [0.25, 0.3) is 0 Å². The van der Waals surface area contributed by atoms with Crippen molar-refractivity contribution >= 4 is 11.7 Å². The van der Waals surface area contributed by atoms with Crippen molar-refractivity contribution in [2.24, 2.45) is 5.92 Å². The second-order valence-corrected chi connectivity index (χ2v) is 4.38. The second kappa shape index (κ2) is 5.70. The molecule has 2 unspecified atom stereocenters. The molecule has 2 rings (SSSR count). The number of hydrogen-bond acceptors (Lipinski definition) is 4. The Labute approximate surface area is 101 Å². The maximum atomic E-state index is 11.9. The first-order valence-corrected chi connectivity index (χ1v) is 6.23. The SMILES string of the molecule is CCOC(=O)C1CCCCC1Nc1cn[nH]c1. The summed E-state index contributed by atoms with van der Waals surface area (Å²) in [5, 5.41) is 10.0. The largest absolute Gasteiger partial charge is 0.466 e. The summed E-state index contributed by atoms with van der Waals surface area (Å²) in [6.07, 6.45) is 7.72. The molecular formula is C12H19N3O2. The molecule has 5 heteroatoms. The number of anilines is 1. The van der Waals surface area contributed by atoms with E-state index < -0.39 is 0 Å². The van der Waals surface area contributed by atoms with Crippen LogP contribution in [-0.4, -0.2) is 28.8 Å². The number of esters is 1. The Morgan fingerprint density at radius 3 is 3.12 bits per heavy atom. The maximum Gasteiger partial charge on any atom is 0.311 e. The van der Waals surface area contributed by atoms with Crippen molar-refractivity contribution in [3.8, 4) is 0 Å². The Morgan fingerprint density at radius 2 is 2.41 bits per heavy atom. The van der Waals surface area contributed by atoms with Gasteiger partial charge in [0.25, 0.3) is 0 Å². The van der Waals surface area contributed by atoms with Gasteiger partial charge in [0.15, 0.2) is 0 Å². The normalized spacial score (nSPS) is 24.3. The topological polar surface area (TPSA) is 67.0 Å². The number of aromatic amines is 1. The summed E-state index contributed by atoms with van der Waals surface area (Å²) in [5.41, 5.74) is 0.936. The van der Waals surface area contributed by atoms with Crippen LogP contribution in [0.4, 0.5) is 5.69 Å². The lowest BCUT2D eigenvalue weighted by Crippen LogP contribution is -2.38. The standard InChI is InChI=1S/C12H19N3O2/c1-2-17-12(16)10-5-3-4-6-11(10)15-9-7-13-14-8-9/h7-8,10-11,15H,2-6H2,1H3,(H,13,14).